The van der Waals surface area contributed by atoms with Crippen molar-refractivity contribution < 1.29 is 0 Å². The van der Waals surface area contributed by atoms with E-state index in [9.17, 15) is 0 Å². The monoisotopic (exact) mass is 626 g/mol. The molecule has 4 nitrogen and oxygen atoms in total. The minimum Gasteiger partial charge on any atom is -0.309 e. The molecule has 2 aliphatic rings. The SMILES string of the molecule is CC1C=CC=C(c2cc(-n3c4cccc5c4c4c6c(ccc7c6c6c-5cccc6n7-c5ccccc5)ccc43)nc(-c3ccccc3)n2)C1. The van der Waals surface area contributed by atoms with E-state index in [-0.39, 0.29) is 0 Å². The van der Waals surface area contributed by atoms with E-state index in [1.165, 1.54) is 65.7 Å². The Bertz CT molecular complexity index is 2910. The van der Waals surface area contributed by atoms with Gasteiger partial charge in [0.2, 0.25) is 0 Å². The van der Waals surface area contributed by atoms with Gasteiger partial charge in [0.05, 0.1) is 27.8 Å². The molecular formula is C45H30N4. The van der Waals surface area contributed by atoms with Crippen LogP contribution in [0.15, 0.2) is 146 Å². The van der Waals surface area contributed by atoms with E-state index in [4.69, 9.17) is 9.97 Å². The molecule has 6 aromatic carbocycles. The lowest BCUT2D eigenvalue weighted by Crippen LogP contribution is -2.06. The molecule has 0 amide bonds. The van der Waals surface area contributed by atoms with Crippen molar-refractivity contribution in [2.45, 2.75) is 13.3 Å². The van der Waals surface area contributed by atoms with Crippen molar-refractivity contribution >= 4 is 60.0 Å². The van der Waals surface area contributed by atoms with Gasteiger partial charge in [0.1, 0.15) is 5.82 Å². The third-order valence-corrected chi connectivity index (χ3v) is 10.6. The molecule has 9 aromatic rings. The summed E-state index contributed by atoms with van der Waals surface area (Å²) in [6, 6.07) is 46.1. The van der Waals surface area contributed by atoms with Crippen LogP contribution in [0.25, 0.3) is 94.0 Å². The van der Waals surface area contributed by atoms with Gasteiger partial charge in [-0.3, -0.25) is 4.57 Å². The summed E-state index contributed by atoms with van der Waals surface area (Å²) >= 11 is 0. The number of hydrogen-bond acceptors (Lipinski definition) is 2. The van der Waals surface area contributed by atoms with Crippen LogP contribution in [0.3, 0.4) is 0 Å². The minimum atomic E-state index is 0.459. The van der Waals surface area contributed by atoms with E-state index in [1.807, 2.05) is 6.07 Å². The van der Waals surface area contributed by atoms with Gasteiger partial charge in [0.25, 0.3) is 0 Å². The van der Waals surface area contributed by atoms with Gasteiger partial charge in [0, 0.05) is 44.2 Å². The average molecular weight is 627 g/mol. The molecule has 11 rings (SSSR count). The third kappa shape index (κ3) is 3.69. The molecule has 0 fully saturated rings. The zero-order chi connectivity index (χ0) is 32.2. The number of fused-ring (bicyclic) bond motifs is 1. The quantitative estimate of drug-likeness (QED) is 0.195. The second kappa shape index (κ2) is 9.88. The Morgan fingerprint density at radius 3 is 1.90 bits per heavy atom. The normalized spacial score (nSPS) is 15.2. The smallest absolute Gasteiger partial charge is 0.162 e. The second-order valence-electron chi connectivity index (χ2n) is 13.5. The van der Waals surface area contributed by atoms with E-state index in [2.05, 4.69) is 156 Å². The Kier molecular flexibility index (Phi) is 5.40. The number of nitrogens with zero attached hydrogens (tertiary/aromatic N) is 4. The van der Waals surface area contributed by atoms with E-state index in [0.29, 0.717) is 5.92 Å². The van der Waals surface area contributed by atoms with Gasteiger partial charge >= 0.3 is 0 Å². The topological polar surface area (TPSA) is 35.6 Å². The number of para-hydroxylation sites is 1. The molecule has 230 valence electrons. The molecule has 3 aromatic heterocycles. The summed E-state index contributed by atoms with van der Waals surface area (Å²) in [5.74, 6) is 2.09. The Balaban J connectivity index is 1.30. The highest BCUT2D eigenvalue weighted by Gasteiger charge is 2.27. The van der Waals surface area contributed by atoms with Gasteiger partial charge in [-0.15, -0.1) is 0 Å². The molecule has 1 atom stereocenters. The summed E-state index contributed by atoms with van der Waals surface area (Å²) in [5, 5.41) is 7.75. The lowest BCUT2D eigenvalue weighted by molar-refractivity contribution is 0.746. The van der Waals surface area contributed by atoms with Crippen LogP contribution in [0.1, 0.15) is 19.0 Å². The maximum atomic E-state index is 5.33. The largest absolute Gasteiger partial charge is 0.309 e. The summed E-state index contributed by atoms with van der Waals surface area (Å²) < 4.78 is 4.82. The van der Waals surface area contributed by atoms with Gasteiger partial charge in [-0.1, -0.05) is 110 Å². The van der Waals surface area contributed by atoms with Gasteiger partial charge in [0.15, 0.2) is 5.82 Å². The molecule has 3 heterocycles. The molecule has 2 aliphatic carbocycles. The molecule has 0 spiro atoms. The molecule has 0 saturated heterocycles. The highest BCUT2D eigenvalue weighted by molar-refractivity contribution is 6.38. The van der Waals surface area contributed by atoms with Crippen LogP contribution in [-0.4, -0.2) is 19.1 Å². The van der Waals surface area contributed by atoms with Crippen molar-refractivity contribution in [3.63, 3.8) is 0 Å². The molecule has 1 unspecified atom stereocenters. The van der Waals surface area contributed by atoms with Crippen LogP contribution < -0.4 is 0 Å². The summed E-state index contributed by atoms with van der Waals surface area (Å²) in [6.07, 6.45) is 7.60. The van der Waals surface area contributed by atoms with E-state index >= 15 is 0 Å². The summed E-state index contributed by atoms with van der Waals surface area (Å²) in [7, 11) is 0. The zero-order valence-corrected chi connectivity index (χ0v) is 26.9. The Morgan fingerprint density at radius 2 is 1.20 bits per heavy atom. The van der Waals surface area contributed by atoms with Gasteiger partial charge in [-0.05, 0) is 70.8 Å². The Hall–Kier alpha value is -6.26. The molecule has 0 bridgehead atoms. The first-order valence-electron chi connectivity index (χ1n) is 17.1. The van der Waals surface area contributed by atoms with Crippen LogP contribution in [0, 0.1) is 5.92 Å². The van der Waals surface area contributed by atoms with Gasteiger partial charge in [-0.2, -0.15) is 0 Å². The number of rotatable bonds is 4. The highest BCUT2D eigenvalue weighted by Crippen LogP contribution is 2.51. The van der Waals surface area contributed by atoms with Crippen LogP contribution in [0.2, 0.25) is 0 Å². The van der Waals surface area contributed by atoms with E-state index in [1.54, 1.807) is 0 Å². The second-order valence-corrected chi connectivity index (χ2v) is 13.5. The van der Waals surface area contributed by atoms with Crippen molar-refractivity contribution in [2.24, 2.45) is 5.92 Å². The number of allylic oxidation sites excluding steroid dienone is 4. The average Bonchev–Trinajstić information content (AvgIpc) is 3.64. The Labute approximate surface area is 282 Å². The molecule has 0 saturated carbocycles. The minimum absolute atomic E-state index is 0.459. The number of benzene rings is 6. The van der Waals surface area contributed by atoms with E-state index < -0.39 is 0 Å². The van der Waals surface area contributed by atoms with Gasteiger partial charge in [-0.25, -0.2) is 9.97 Å². The van der Waals surface area contributed by atoms with Crippen molar-refractivity contribution in [3.05, 3.63) is 151 Å². The van der Waals surface area contributed by atoms with Crippen LogP contribution in [-0.2, 0) is 0 Å². The maximum absolute atomic E-state index is 5.33. The third-order valence-electron chi connectivity index (χ3n) is 10.6. The predicted octanol–water partition coefficient (Wildman–Crippen LogP) is 11.5. The van der Waals surface area contributed by atoms with Gasteiger partial charge < -0.3 is 4.57 Å². The molecule has 0 N–H and O–H groups in total. The fraction of sp³-hybridized carbons (Fsp3) is 0.0667. The molecular weight excluding hydrogens is 597 g/mol. The lowest BCUT2D eigenvalue weighted by Gasteiger charge is -2.17. The standard InChI is InChI=1S/C45H30N4/c1-27-11-8-14-30(25-27)34-26-39(47-45(46-34)29-12-4-2-5-13-29)49-36-20-10-18-33-32-17-9-19-35-41(32)43-37(48(35)31-15-6-3-7-16-31)23-21-28-22-24-38(49)44(40(28)43)42(33)36/h2-24,26-27H,25H2,1H3. The van der Waals surface area contributed by atoms with Crippen molar-refractivity contribution in [2.75, 3.05) is 0 Å². The Morgan fingerprint density at radius 1 is 0.571 bits per heavy atom. The first-order valence-corrected chi connectivity index (χ1v) is 17.1. The van der Waals surface area contributed by atoms with Crippen molar-refractivity contribution in [1.29, 1.82) is 0 Å². The van der Waals surface area contributed by atoms with Crippen molar-refractivity contribution in [3.8, 4) is 34.0 Å². The van der Waals surface area contributed by atoms with Crippen molar-refractivity contribution in [1.82, 2.24) is 19.1 Å². The van der Waals surface area contributed by atoms with Crippen LogP contribution in [0.4, 0.5) is 0 Å². The lowest BCUT2D eigenvalue weighted by atomic mass is 9.94. The number of aromatic nitrogens is 4. The molecule has 0 aliphatic heterocycles. The maximum Gasteiger partial charge on any atom is 0.162 e. The highest BCUT2D eigenvalue weighted by atomic mass is 15.1. The summed E-state index contributed by atoms with van der Waals surface area (Å²) in [6.45, 7) is 2.27. The first kappa shape index (κ1) is 26.8. The molecule has 4 heteroatoms. The summed E-state index contributed by atoms with van der Waals surface area (Å²) in [5.41, 5.74) is 11.7. The molecule has 0 radical (unpaired) electrons. The number of hydrogen-bond donors (Lipinski definition) is 0. The predicted molar refractivity (Wildman–Crippen MR) is 204 cm³/mol. The zero-order valence-electron chi connectivity index (χ0n) is 26.9. The molecule has 49 heavy (non-hydrogen) atoms. The first-order chi connectivity index (χ1) is 24.2. The van der Waals surface area contributed by atoms with E-state index in [0.717, 1.165) is 40.4 Å². The van der Waals surface area contributed by atoms with Crippen LogP contribution in [0.5, 0.6) is 0 Å². The summed E-state index contributed by atoms with van der Waals surface area (Å²) in [4.78, 5) is 10.5. The fourth-order valence-corrected chi connectivity index (χ4v) is 8.53. The fourth-order valence-electron chi connectivity index (χ4n) is 8.53. The van der Waals surface area contributed by atoms with Crippen LogP contribution >= 0.6 is 0 Å².